The van der Waals surface area contributed by atoms with Crippen LogP contribution in [0.4, 0.5) is 5.82 Å². The summed E-state index contributed by atoms with van der Waals surface area (Å²) in [5.74, 6) is 1.29. The van der Waals surface area contributed by atoms with E-state index in [9.17, 15) is 0 Å². The Morgan fingerprint density at radius 3 is 1.74 bits per heavy atom. The summed E-state index contributed by atoms with van der Waals surface area (Å²) in [6.45, 7) is 0. The van der Waals surface area contributed by atoms with Crippen LogP contribution in [0.1, 0.15) is 27.9 Å². The Morgan fingerprint density at radius 1 is 0.711 bits per heavy atom. The van der Waals surface area contributed by atoms with E-state index in [1.165, 1.54) is 0 Å². The zero-order valence-corrected chi connectivity index (χ0v) is 21.2. The average molecular weight is 497 g/mol. The maximum absolute atomic E-state index is 6.72. The molecule has 2 N–H and O–H groups in total. The molecule has 6 aromatic rings. The molecule has 186 valence electrons. The molecule has 0 saturated heterocycles. The number of hydrogen-bond donors (Lipinski definition) is 1. The first-order valence-corrected chi connectivity index (χ1v) is 12.6. The zero-order valence-electron chi connectivity index (χ0n) is 21.2. The molecule has 0 spiro atoms. The molecule has 2 aromatic heterocycles. The Balaban J connectivity index is 1.64. The van der Waals surface area contributed by atoms with Gasteiger partial charge in [0.1, 0.15) is 11.3 Å². The number of ether oxygens (including phenoxy) is 1. The largest absolute Gasteiger partial charge is 0.497 e. The molecule has 5 heteroatoms. The summed E-state index contributed by atoms with van der Waals surface area (Å²) in [6, 6.07) is 41.5. The van der Waals surface area contributed by atoms with Gasteiger partial charge in [-0.2, -0.15) is 5.10 Å². The van der Waals surface area contributed by atoms with Gasteiger partial charge in [0.05, 0.1) is 23.7 Å². The molecule has 0 atom stereocenters. The highest BCUT2D eigenvalue weighted by Crippen LogP contribution is 2.43. The molecule has 6 rings (SSSR count). The van der Waals surface area contributed by atoms with Crippen molar-refractivity contribution in [1.82, 2.24) is 14.8 Å². The van der Waals surface area contributed by atoms with Gasteiger partial charge >= 0.3 is 0 Å². The molecule has 5 nitrogen and oxygen atoms in total. The van der Waals surface area contributed by atoms with Crippen LogP contribution in [0.2, 0.25) is 0 Å². The second-order valence-electron chi connectivity index (χ2n) is 9.28. The molecule has 4 aromatic carbocycles. The third-order valence-corrected chi connectivity index (χ3v) is 7.12. The second-order valence-corrected chi connectivity index (χ2v) is 9.28. The number of fused-ring (bicyclic) bond motifs is 1. The normalized spacial score (nSPS) is 11.5. The number of rotatable bonds is 7. The fourth-order valence-corrected chi connectivity index (χ4v) is 5.39. The molecule has 0 saturated carbocycles. The molecule has 0 aliphatic rings. The minimum atomic E-state index is -0.752. The number of benzene rings is 4. The van der Waals surface area contributed by atoms with Crippen LogP contribution < -0.4 is 10.5 Å². The smallest absolute Gasteiger partial charge is 0.155 e. The quantitative estimate of drug-likeness (QED) is 0.258. The van der Waals surface area contributed by atoms with Gasteiger partial charge in [-0.1, -0.05) is 103 Å². The Morgan fingerprint density at radius 2 is 1.24 bits per heavy atom. The van der Waals surface area contributed by atoms with E-state index in [1.54, 1.807) is 7.11 Å². The SMILES string of the molecule is COc1ccc(Cc2nccc3c2c(N)nn3C(c2ccccc2)(c2ccccc2)c2ccccc2)cc1. The number of hydrogen-bond acceptors (Lipinski definition) is 4. The lowest BCUT2D eigenvalue weighted by Gasteiger charge is -2.37. The van der Waals surface area contributed by atoms with E-state index in [1.807, 2.05) is 42.6 Å². The van der Waals surface area contributed by atoms with E-state index in [0.717, 1.165) is 44.6 Å². The minimum Gasteiger partial charge on any atom is -0.497 e. The van der Waals surface area contributed by atoms with E-state index >= 15 is 0 Å². The van der Waals surface area contributed by atoms with Gasteiger partial charge in [0, 0.05) is 12.6 Å². The maximum Gasteiger partial charge on any atom is 0.155 e. The number of pyridine rings is 1. The lowest BCUT2D eigenvalue weighted by Crippen LogP contribution is -2.38. The molecule has 0 fully saturated rings. The van der Waals surface area contributed by atoms with E-state index < -0.39 is 5.54 Å². The summed E-state index contributed by atoms with van der Waals surface area (Å²) in [7, 11) is 1.67. The monoisotopic (exact) mass is 496 g/mol. The van der Waals surface area contributed by atoms with Gasteiger partial charge in [-0.15, -0.1) is 0 Å². The van der Waals surface area contributed by atoms with Crippen LogP contribution in [0.15, 0.2) is 128 Å². The number of nitrogens with zero attached hydrogens (tertiary/aromatic N) is 3. The van der Waals surface area contributed by atoms with Crippen molar-refractivity contribution in [2.75, 3.05) is 12.8 Å². The van der Waals surface area contributed by atoms with Gasteiger partial charge in [0.25, 0.3) is 0 Å². The molecule has 2 heterocycles. The highest BCUT2D eigenvalue weighted by molar-refractivity contribution is 5.92. The van der Waals surface area contributed by atoms with Crippen molar-refractivity contribution in [3.8, 4) is 5.75 Å². The first-order chi connectivity index (χ1) is 18.7. The topological polar surface area (TPSA) is 66.0 Å². The number of nitrogen functional groups attached to an aromatic ring is 1. The van der Waals surface area contributed by atoms with Crippen molar-refractivity contribution in [2.45, 2.75) is 12.0 Å². The van der Waals surface area contributed by atoms with Crippen LogP contribution in [0.25, 0.3) is 10.9 Å². The van der Waals surface area contributed by atoms with E-state index in [2.05, 4.69) is 89.6 Å². The Hall–Kier alpha value is -4.90. The van der Waals surface area contributed by atoms with Crippen molar-refractivity contribution in [3.05, 3.63) is 155 Å². The number of methoxy groups -OCH3 is 1. The van der Waals surface area contributed by atoms with Crippen molar-refractivity contribution in [2.24, 2.45) is 0 Å². The molecule has 0 amide bonds. The van der Waals surface area contributed by atoms with Gasteiger partial charge in [0.2, 0.25) is 0 Å². The highest BCUT2D eigenvalue weighted by atomic mass is 16.5. The second kappa shape index (κ2) is 9.87. The molecular weight excluding hydrogens is 468 g/mol. The lowest BCUT2D eigenvalue weighted by molar-refractivity contribution is 0.414. The molecule has 0 unspecified atom stereocenters. The lowest BCUT2D eigenvalue weighted by atomic mass is 9.77. The van der Waals surface area contributed by atoms with E-state index in [-0.39, 0.29) is 0 Å². The standard InChI is InChI=1S/C33H28N4O/c1-38-28-19-17-24(18-20-28)23-29-31-30(21-22-35-29)37(36-32(31)34)33(25-11-5-2-6-12-25,26-13-7-3-8-14-26)27-15-9-4-10-16-27/h2-22H,23H2,1H3,(H2,34,36). The summed E-state index contributed by atoms with van der Waals surface area (Å²) in [6.07, 6.45) is 2.48. The van der Waals surface area contributed by atoms with Crippen LogP contribution in [0, 0.1) is 0 Å². The van der Waals surface area contributed by atoms with Crippen molar-refractivity contribution in [3.63, 3.8) is 0 Å². The van der Waals surface area contributed by atoms with Crippen LogP contribution >= 0.6 is 0 Å². The Labute approximate surface area is 222 Å². The van der Waals surface area contributed by atoms with Crippen LogP contribution in [-0.2, 0) is 12.0 Å². The van der Waals surface area contributed by atoms with Gasteiger partial charge < -0.3 is 10.5 Å². The van der Waals surface area contributed by atoms with Crippen molar-refractivity contribution < 1.29 is 4.74 Å². The average Bonchev–Trinajstić information content (AvgIpc) is 3.33. The molecule has 0 bridgehead atoms. The number of nitrogens with two attached hydrogens (primary N) is 1. The van der Waals surface area contributed by atoms with Crippen LogP contribution in [0.3, 0.4) is 0 Å². The predicted molar refractivity (Wildman–Crippen MR) is 152 cm³/mol. The maximum atomic E-state index is 6.72. The fourth-order valence-electron chi connectivity index (χ4n) is 5.39. The van der Waals surface area contributed by atoms with Crippen LogP contribution in [0.5, 0.6) is 5.75 Å². The first-order valence-electron chi connectivity index (χ1n) is 12.6. The van der Waals surface area contributed by atoms with E-state index in [4.69, 9.17) is 20.6 Å². The third-order valence-electron chi connectivity index (χ3n) is 7.12. The molecule has 0 aliphatic carbocycles. The van der Waals surface area contributed by atoms with Crippen LogP contribution in [-0.4, -0.2) is 21.9 Å². The van der Waals surface area contributed by atoms with Crippen molar-refractivity contribution in [1.29, 1.82) is 0 Å². The Kier molecular flexibility index (Phi) is 6.10. The van der Waals surface area contributed by atoms with Crippen molar-refractivity contribution >= 4 is 16.7 Å². The number of anilines is 1. The summed E-state index contributed by atoms with van der Waals surface area (Å²) in [5.41, 5.74) is 12.2. The fraction of sp³-hybridized carbons (Fsp3) is 0.0909. The van der Waals surface area contributed by atoms with E-state index in [0.29, 0.717) is 12.2 Å². The third kappa shape index (κ3) is 3.89. The summed E-state index contributed by atoms with van der Waals surface area (Å²) in [5, 5.41) is 5.93. The summed E-state index contributed by atoms with van der Waals surface area (Å²) < 4.78 is 7.41. The summed E-state index contributed by atoms with van der Waals surface area (Å²) >= 11 is 0. The zero-order chi connectivity index (χ0) is 26.0. The van der Waals surface area contributed by atoms with Gasteiger partial charge in [-0.05, 0) is 40.5 Å². The minimum absolute atomic E-state index is 0.462. The molecule has 0 radical (unpaired) electrons. The predicted octanol–water partition coefficient (Wildman–Crippen LogP) is 6.45. The highest BCUT2D eigenvalue weighted by Gasteiger charge is 2.41. The molecule has 38 heavy (non-hydrogen) atoms. The van der Waals surface area contributed by atoms with Gasteiger partial charge in [-0.25, -0.2) is 4.68 Å². The Bertz CT molecular complexity index is 1560. The number of aromatic nitrogens is 3. The summed E-state index contributed by atoms with van der Waals surface area (Å²) in [4.78, 5) is 4.75. The van der Waals surface area contributed by atoms with Gasteiger partial charge in [0.15, 0.2) is 5.82 Å². The molecule has 0 aliphatic heterocycles. The first kappa shape index (κ1) is 23.5. The van der Waals surface area contributed by atoms with Gasteiger partial charge in [-0.3, -0.25) is 4.98 Å². The molecular formula is C33H28N4O.